The van der Waals surface area contributed by atoms with Gasteiger partial charge in [0, 0.05) is 17.8 Å². The molecule has 21 heavy (non-hydrogen) atoms. The van der Waals surface area contributed by atoms with Crippen molar-refractivity contribution >= 4 is 17.4 Å². The second-order valence-corrected chi connectivity index (χ2v) is 8.15. The molecule has 0 aliphatic heterocycles. The number of anilines is 1. The molecule has 1 unspecified atom stereocenters. The van der Waals surface area contributed by atoms with Crippen molar-refractivity contribution in [1.82, 2.24) is 9.97 Å². The molecule has 4 heteroatoms. The van der Waals surface area contributed by atoms with E-state index in [1.54, 1.807) is 0 Å². The highest BCUT2D eigenvalue weighted by Crippen LogP contribution is 2.61. The van der Waals surface area contributed by atoms with Gasteiger partial charge in [0.15, 0.2) is 0 Å². The normalized spacial score (nSPS) is 38.5. The van der Waals surface area contributed by atoms with E-state index in [4.69, 9.17) is 11.6 Å². The van der Waals surface area contributed by atoms with Crippen LogP contribution in [0.1, 0.15) is 51.0 Å². The monoisotopic (exact) mass is 305 g/mol. The van der Waals surface area contributed by atoms with Crippen LogP contribution in [0.5, 0.6) is 0 Å². The van der Waals surface area contributed by atoms with Gasteiger partial charge in [-0.2, -0.15) is 0 Å². The van der Waals surface area contributed by atoms with Crippen LogP contribution in [0.2, 0.25) is 5.28 Å². The number of aryl methyl sites for hydroxylation is 1. The molecule has 1 aromatic heterocycles. The first kappa shape index (κ1) is 13.8. The van der Waals surface area contributed by atoms with Gasteiger partial charge in [-0.1, -0.05) is 0 Å². The predicted octanol–water partition coefficient (Wildman–Crippen LogP) is 4.46. The van der Waals surface area contributed by atoms with E-state index >= 15 is 0 Å². The van der Waals surface area contributed by atoms with E-state index in [2.05, 4.69) is 22.2 Å². The van der Waals surface area contributed by atoms with Gasteiger partial charge in [0.05, 0.1) is 0 Å². The summed E-state index contributed by atoms with van der Waals surface area (Å²) in [7, 11) is 0. The van der Waals surface area contributed by atoms with Crippen LogP contribution in [0.3, 0.4) is 0 Å². The Kier molecular flexibility index (Phi) is 3.18. The molecule has 4 aliphatic carbocycles. The summed E-state index contributed by atoms with van der Waals surface area (Å²) in [4.78, 5) is 8.44. The van der Waals surface area contributed by atoms with Crippen molar-refractivity contribution in [1.29, 1.82) is 0 Å². The maximum Gasteiger partial charge on any atom is 0.224 e. The molecule has 0 saturated heterocycles. The highest BCUT2D eigenvalue weighted by molar-refractivity contribution is 6.28. The van der Waals surface area contributed by atoms with Gasteiger partial charge < -0.3 is 5.32 Å². The Balaban J connectivity index is 1.57. The number of hydrogen-bond acceptors (Lipinski definition) is 3. The lowest BCUT2D eigenvalue weighted by Gasteiger charge is -2.59. The van der Waals surface area contributed by atoms with Gasteiger partial charge in [-0.05, 0) is 87.1 Å². The Hall–Kier alpha value is -0.830. The van der Waals surface area contributed by atoms with Gasteiger partial charge in [0.1, 0.15) is 5.82 Å². The average molecular weight is 306 g/mol. The number of halogens is 1. The number of nitrogens with zero attached hydrogens (tertiary/aromatic N) is 2. The number of rotatable bonds is 3. The van der Waals surface area contributed by atoms with E-state index in [-0.39, 0.29) is 0 Å². The zero-order chi connectivity index (χ0) is 14.6. The zero-order valence-corrected chi connectivity index (χ0v) is 13.7. The van der Waals surface area contributed by atoms with E-state index in [1.165, 1.54) is 38.5 Å². The lowest BCUT2D eigenvalue weighted by molar-refractivity contribution is -0.0603. The molecular formula is C17H24ClN3. The topological polar surface area (TPSA) is 37.8 Å². The minimum absolute atomic E-state index is 0.334. The predicted molar refractivity (Wildman–Crippen MR) is 85.5 cm³/mol. The zero-order valence-electron chi connectivity index (χ0n) is 12.9. The number of aromatic nitrogens is 2. The van der Waals surface area contributed by atoms with Gasteiger partial charge in [0.2, 0.25) is 5.28 Å². The molecule has 4 aliphatic rings. The molecule has 1 atom stereocenters. The van der Waals surface area contributed by atoms with Gasteiger partial charge >= 0.3 is 0 Å². The highest BCUT2D eigenvalue weighted by Gasteiger charge is 2.53. The van der Waals surface area contributed by atoms with Crippen molar-refractivity contribution in [3.63, 3.8) is 0 Å². The first-order chi connectivity index (χ1) is 10.0. The van der Waals surface area contributed by atoms with E-state index in [0.29, 0.717) is 16.7 Å². The van der Waals surface area contributed by atoms with E-state index < -0.39 is 0 Å². The average Bonchev–Trinajstić information content (AvgIpc) is 2.41. The molecule has 0 amide bonds. The quantitative estimate of drug-likeness (QED) is 0.838. The first-order valence-corrected chi connectivity index (χ1v) is 8.67. The molecule has 4 bridgehead atoms. The Morgan fingerprint density at radius 2 is 1.76 bits per heavy atom. The molecule has 4 saturated carbocycles. The summed E-state index contributed by atoms with van der Waals surface area (Å²) in [6, 6.07) is 0.468. The van der Waals surface area contributed by atoms with Crippen molar-refractivity contribution in [2.45, 2.75) is 58.4 Å². The minimum Gasteiger partial charge on any atom is -0.367 e. The molecule has 1 N–H and O–H groups in total. The molecule has 1 aromatic rings. The molecule has 4 fully saturated rings. The molecular weight excluding hydrogens is 282 g/mol. The Bertz CT molecular complexity index is 522. The Morgan fingerprint density at radius 1 is 1.19 bits per heavy atom. The van der Waals surface area contributed by atoms with Crippen LogP contribution in [0.4, 0.5) is 5.82 Å². The number of hydrogen-bond donors (Lipinski definition) is 1. The maximum absolute atomic E-state index is 5.96. The second-order valence-electron chi connectivity index (χ2n) is 7.82. The maximum atomic E-state index is 5.96. The fraction of sp³-hybridized carbons (Fsp3) is 0.765. The van der Waals surface area contributed by atoms with Gasteiger partial charge in [-0.15, -0.1) is 0 Å². The molecule has 0 spiro atoms. The van der Waals surface area contributed by atoms with E-state index in [9.17, 15) is 0 Å². The van der Waals surface area contributed by atoms with Crippen LogP contribution < -0.4 is 5.32 Å². The molecule has 114 valence electrons. The molecule has 1 heterocycles. The van der Waals surface area contributed by atoms with Gasteiger partial charge in [0.25, 0.3) is 0 Å². The van der Waals surface area contributed by atoms with Crippen LogP contribution >= 0.6 is 11.6 Å². The van der Waals surface area contributed by atoms with Crippen molar-refractivity contribution in [2.75, 3.05) is 5.32 Å². The van der Waals surface area contributed by atoms with Crippen LogP contribution in [0.15, 0.2) is 6.20 Å². The summed E-state index contributed by atoms with van der Waals surface area (Å²) < 4.78 is 0. The van der Waals surface area contributed by atoms with Crippen molar-refractivity contribution in [3.8, 4) is 0 Å². The SMILES string of the molecule is Cc1cnc(Cl)nc1NC(C)C12CC3CC(CC(C3)C1)C2. The third kappa shape index (κ3) is 2.34. The van der Waals surface area contributed by atoms with Crippen molar-refractivity contribution in [2.24, 2.45) is 23.2 Å². The third-order valence-electron chi connectivity index (χ3n) is 6.30. The molecule has 5 rings (SSSR count). The number of nitrogens with one attached hydrogen (secondary N) is 1. The summed E-state index contributed by atoms with van der Waals surface area (Å²) >= 11 is 5.96. The van der Waals surface area contributed by atoms with Crippen LogP contribution in [0, 0.1) is 30.1 Å². The van der Waals surface area contributed by atoms with Gasteiger partial charge in [-0.25, -0.2) is 9.97 Å². The second kappa shape index (κ2) is 4.84. The lowest BCUT2D eigenvalue weighted by atomic mass is 9.48. The highest BCUT2D eigenvalue weighted by atomic mass is 35.5. The van der Waals surface area contributed by atoms with Gasteiger partial charge in [-0.3, -0.25) is 0 Å². The fourth-order valence-electron chi connectivity index (χ4n) is 5.63. The van der Waals surface area contributed by atoms with E-state index in [0.717, 1.165) is 29.1 Å². The third-order valence-corrected chi connectivity index (χ3v) is 6.48. The molecule has 0 radical (unpaired) electrons. The molecule has 3 nitrogen and oxygen atoms in total. The first-order valence-electron chi connectivity index (χ1n) is 8.30. The summed E-state index contributed by atoms with van der Waals surface area (Å²) in [5, 5.41) is 4.01. The fourth-order valence-corrected chi connectivity index (χ4v) is 5.77. The Labute approximate surface area is 131 Å². The lowest BCUT2D eigenvalue weighted by Crippen LogP contribution is -2.53. The van der Waals surface area contributed by atoms with Crippen LogP contribution in [0.25, 0.3) is 0 Å². The summed E-state index contributed by atoms with van der Waals surface area (Å²) in [5.74, 6) is 3.86. The minimum atomic E-state index is 0.334. The summed E-state index contributed by atoms with van der Waals surface area (Å²) in [6.45, 7) is 4.40. The largest absolute Gasteiger partial charge is 0.367 e. The van der Waals surface area contributed by atoms with Crippen molar-refractivity contribution in [3.05, 3.63) is 17.0 Å². The molecule has 0 aromatic carbocycles. The van der Waals surface area contributed by atoms with Crippen molar-refractivity contribution < 1.29 is 0 Å². The summed E-state index contributed by atoms with van der Waals surface area (Å²) in [5.41, 5.74) is 1.56. The van der Waals surface area contributed by atoms with Crippen LogP contribution in [-0.4, -0.2) is 16.0 Å². The van der Waals surface area contributed by atoms with E-state index in [1.807, 2.05) is 13.1 Å². The van der Waals surface area contributed by atoms with Crippen LogP contribution in [-0.2, 0) is 0 Å². The standard InChI is InChI=1S/C17H24ClN3/c1-10-9-19-16(18)21-15(10)20-11(2)17-6-12-3-13(7-17)5-14(4-12)8-17/h9,11-14H,3-8H2,1-2H3,(H,19,20,21). The smallest absolute Gasteiger partial charge is 0.224 e. The summed E-state index contributed by atoms with van der Waals surface area (Å²) in [6.07, 6.45) is 10.5. The Morgan fingerprint density at radius 3 is 2.33 bits per heavy atom.